The first kappa shape index (κ1) is 14.6. The molecule has 5 nitrogen and oxygen atoms in total. The van der Waals surface area contributed by atoms with E-state index >= 15 is 0 Å². The van der Waals surface area contributed by atoms with Crippen LogP contribution in [0.2, 0.25) is 0 Å². The third kappa shape index (κ3) is 3.22. The summed E-state index contributed by atoms with van der Waals surface area (Å²) < 4.78 is 18.5. The zero-order valence-electron chi connectivity index (χ0n) is 11.3. The van der Waals surface area contributed by atoms with Gasteiger partial charge in [0.2, 0.25) is 5.91 Å². The summed E-state index contributed by atoms with van der Waals surface area (Å²) in [6.07, 6.45) is 0. The number of anilines is 1. The van der Waals surface area contributed by atoms with E-state index in [9.17, 15) is 14.3 Å². The van der Waals surface area contributed by atoms with Crippen molar-refractivity contribution in [3.05, 3.63) is 53.8 Å². The summed E-state index contributed by atoms with van der Waals surface area (Å²) in [5, 5.41) is 12.7. The number of phenolic OH excluding ortho intramolecular Hbond substituents is 1. The van der Waals surface area contributed by atoms with Crippen LogP contribution in [0, 0.1) is 5.82 Å². The number of carbonyl (C=O) groups is 1. The number of primary amides is 1. The molecule has 0 radical (unpaired) electrons. The molecule has 0 saturated heterocycles. The third-order valence-electron chi connectivity index (χ3n) is 2.99. The maximum absolute atomic E-state index is 13.3. The summed E-state index contributed by atoms with van der Waals surface area (Å²) in [5.74, 6) is -1.04. The van der Waals surface area contributed by atoms with Crippen molar-refractivity contribution >= 4 is 11.6 Å². The lowest BCUT2D eigenvalue weighted by Crippen LogP contribution is -2.28. The molecule has 0 heterocycles. The van der Waals surface area contributed by atoms with Gasteiger partial charge in [0, 0.05) is 5.56 Å². The lowest BCUT2D eigenvalue weighted by atomic mass is 10.0. The number of halogens is 1. The summed E-state index contributed by atoms with van der Waals surface area (Å²) >= 11 is 0. The number of ether oxygens (including phenoxy) is 1. The van der Waals surface area contributed by atoms with Gasteiger partial charge in [-0.3, -0.25) is 4.79 Å². The van der Waals surface area contributed by atoms with Gasteiger partial charge in [-0.2, -0.15) is 0 Å². The number of hydrogen-bond donors (Lipinski definition) is 3. The minimum Gasteiger partial charge on any atom is -0.508 e. The average Bonchev–Trinajstić information content (AvgIpc) is 2.47. The Balaban J connectivity index is 2.40. The van der Waals surface area contributed by atoms with Crippen LogP contribution in [-0.2, 0) is 4.79 Å². The fourth-order valence-electron chi connectivity index (χ4n) is 1.98. The summed E-state index contributed by atoms with van der Waals surface area (Å²) in [4.78, 5) is 11.7. The normalized spacial score (nSPS) is 11.7. The van der Waals surface area contributed by atoms with E-state index in [0.717, 1.165) is 12.1 Å². The lowest BCUT2D eigenvalue weighted by Gasteiger charge is -2.19. The van der Waals surface area contributed by atoms with Gasteiger partial charge in [0.1, 0.15) is 23.4 Å². The number of phenols is 1. The molecule has 1 atom stereocenters. The van der Waals surface area contributed by atoms with Crippen LogP contribution in [0.4, 0.5) is 10.1 Å². The second-order valence-corrected chi connectivity index (χ2v) is 4.38. The number of benzene rings is 2. The molecule has 110 valence electrons. The SMILES string of the molecule is COc1ccccc1NC(C(N)=O)c1cc(F)ccc1O. The molecule has 0 saturated carbocycles. The largest absolute Gasteiger partial charge is 0.508 e. The molecule has 0 aromatic heterocycles. The van der Waals surface area contributed by atoms with Crippen molar-refractivity contribution in [2.75, 3.05) is 12.4 Å². The topological polar surface area (TPSA) is 84.6 Å². The van der Waals surface area contributed by atoms with Crippen LogP contribution in [0.5, 0.6) is 11.5 Å². The van der Waals surface area contributed by atoms with Crippen molar-refractivity contribution in [2.24, 2.45) is 5.73 Å². The van der Waals surface area contributed by atoms with Crippen molar-refractivity contribution < 1.29 is 19.0 Å². The van der Waals surface area contributed by atoms with Gasteiger partial charge in [-0.25, -0.2) is 4.39 Å². The van der Waals surface area contributed by atoms with E-state index in [1.807, 2.05) is 0 Å². The van der Waals surface area contributed by atoms with Crippen molar-refractivity contribution in [2.45, 2.75) is 6.04 Å². The van der Waals surface area contributed by atoms with Crippen molar-refractivity contribution in [1.82, 2.24) is 0 Å². The van der Waals surface area contributed by atoms with Gasteiger partial charge in [-0.15, -0.1) is 0 Å². The Morgan fingerprint density at radius 1 is 1.33 bits per heavy atom. The van der Waals surface area contributed by atoms with Crippen LogP contribution in [-0.4, -0.2) is 18.1 Å². The number of methoxy groups -OCH3 is 1. The summed E-state index contributed by atoms with van der Waals surface area (Å²) in [6.45, 7) is 0. The molecule has 2 aromatic carbocycles. The predicted octanol–water partition coefficient (Wildman–Crippen LogP) is 2.18. The Labute approximate surface area is 121 Å². The van der Waals surface area contributed by atoms with E-state index in [1.165, 1.54) is 13.2 Å². The molecule has 1 unspecified atom stereocenters. The van der Waals surface area contributed by atoms with Gasteiger partial charge < -0.3 is 20.9 Å². The van der Waals surface area contributed by atoms with Crippen LogP contribution in [0.1, 0.15) is 11.6 Å². The van der Waals surface area contributed by atoms with Crippen molar-refractivity contribution in [1.29, 1.82) is 0 Å². The molecule has 0 bridgehead atoms. The molecule has 0 spiro atoms. The Morgan fingerprint density at radius 2 is 2.05 bits per heavy atom. The molecule has 0 fully saturated rings. The Bertz CT molecular complexity index is 661. The van der Waals surface area contributed by atoms with E-state index in [-0.39, 0.29) is 11.3 Å². The number of amides is 1. The molecule has 2 rings (SSSR count). The first-order chi connectivity index (χ1) is 10.0. The first-order valence-corrected chi connectivity index (χ1v) is 6.20. The van der Waals surface area contributed by atoms with Gasteiger partial charge in [0.25, 0.3) is 0 Å². The number of nitrogens with one attached hydrogen (secondary N) is 1. The highest BCUT2D eigenvalue weighted by Gasteiger charge is 2.22. The van der Waals surface area contributed by atoms with E-state index in [1.54, 1.807) is 24.3 Å². The first-order valence-electron chi connectivity index (χ1n) is 6.20. The standard InChI is InChI=1S/C15H15FN2O3/c1-21-13-5-3-2-4-11(13)18-14(15(17)20)10-8-9(16)6-7-12(10)19/h2-8,14,18-19H,1H3,(H2,17,20). The van der Waals surface area contributed by atoms with Gasteiger partial charge in [0.05, 0.1) is 12.8 Å². The van der Waals surface area contributed by atoms with E-state index in [2.05, 4.69) is 5.32 Å². The zero-order chi connectivity index (χ0) is 15.4. The zero-order valence-corrected chi connectivity index (χ0v) is 11.3. The second kappa shape index (κ2) is 6.13. The number of aromatic hydroxyl groups is 1. The maximum Gasteiger partial charge on any atom is 0.244 e. The Hall–Kier alpha value is -2.76. The minimum atomic E-state index is -1.09. The summed E-state index contributed by atoms with van der Waals surface area (Å²) in [5.41, 5.74) is 5.92. The highest BCUT2D eigenvalue weighted by Crippen LogP contribution is 2.31. The highest BCUT2D eigenvalue weighted by molar-refractivity contribution is 5.85. The molecule has 6 heteroatoms. The Kier molecular flexibility index (Phi) is 4.27. The van der Waals surface area contributed by atoms with Crippen molar-refractivity contribution in [3.63, 3.8) is 0 Å². The maximum atomic E-state index is 13.3. The number of rotatable bonds is 5. The van der Waals surface area contributed by atoms with Gasteiger partial charge in [0.15, 0.2) is 0 Å². The van der Waals surface area contributed by atoms with Crippen LogP contribution in [0.25, 0.3) is 0 Å². The number of carbonyl (C=O) groups excluding carboxylic acids is 1. The number of hydrogen-bond acceptors (Lipinski definition) is 4. The summed E-state index contributed by atoms with van der Waals surface area (Å²) in [7, 11) is 1.49. The second-order valence-electron chi connectivity index (χ2n) is 4.38. The molecule has 0 aliphatic carbocycles. The van der Waals surface area contributed by atoms with Gasteiger partial charge in [-0.1, -0.05) is 12.1 Å². The molecule has 21 heavy (non-hydrogen) atoms. The Morgan fingerprint density at radius 3 is 2.71 bits per heavy atom. The minimum absolute atomic E-state index is 0.0633. The fourth-order valence-corrected chi connectivity index (χ4v) is 1.98. The lowest BCUT2D eigenvalue weighted by molar-refractivity contribution is -0.118. The number of para-hydroxylation sites is 2. The molecule has 0 aliphatic rings. The van der Waals surface area contributed by atoms with Crippen LogP contribution >= 0.6 is 0 Å². The third-order valence-corrected chi connectivity index (χ3v) is 2.99. The van der Waals surface area contributed by atoms with Crippen LogP contribution in [0.15, 0.2) is 42.5 Å². The van der Waals surface area contributed by atoms with Gasteiger partial charge in [-0.05, 0) is 30.3 Å². The molecule has 2 aromatic rings. The smallest absolute Gasteiger partial charge is 0.244 e. The molecule has 4 N–H and O–H groups in total. The van der Waals surface area contributed by atoms with Gasteiger partial charge >= 0.3 is 0 Å². The summed E-state index contributed by atoms with van der Waals surface area (Å²) in [6, 6.07) is 9.14. The highest BCUT2D eigenvalue weighted by atomic mass is 19.1. The molecular weight excluding hydrogens is 275 g/mol. The molecular formula is C15H15FN2O3. The van der Waals surface area contributed by atoms with Crippen LogP contribution < -0.4 is 15.8 Å². The van der Waals surface area contributed by atoms with E-state index in [0.29, 0.717) is 11.4 Å². The average molecular weight is 290 g/mol. The monoisotopic (exact) mass is 290 g/mol. The fraction of sp³-hybridized carbons (Fsp3) is 0.133. The van der Waals surface area contributed by atoms with E-state index < -0.39 is 17.8 Å². The molecule has 0 aliphatic heterocycles. The quantitative estimate of drug-likeness (QED) is 0.788. The van der Waals surface area contributed by atoms with E-state index in [4.69, 9.17) is 10.5 Å². The number of nitrogens with two attached hydrogens (primary N) is 1. The van der Waals surface area contributed by atoms with Crippen LogP contribution in [0.3, 0.4) is 0 Å². The predicted molar refractivity (Wildman–Crippen MR) is 76.6 cm³/mol. The van der Waals surface area contributed by atoms with Crippen molar-refractivity contribution in [3.8, 4) is 11.5 Å². The molecule has 1 amide bonds.